The number of carboxylic acids is 1. The molecule has 2 fully saturated rings. The van der Waals surface area contributed by atoms with Crippen molar-refractivity contribution in [1.29, 1.82) is 0 Å². The number of nitrogens with one attached hydrogen (secondary N) is 1. The largest absolute Gasteiger partial charge is 0.480 e. The van der Waals surface area contributed by atoms with Gasteiger partial charge in [-0.2, -0.15) is 0 Å². The van der Waals surface area contributed by atoms with E-state index in [1.165, 1.54) is 12.8 Å². The molecule has 122 valence electrons. The summed E-state index contributed by atoms with van der Waals surface area (Å²) in [6.07, 6.45) is 7.58. The minimum atomic E-state index is -0.752. The molecule has 0 amide bonds. The number of carboxylic acid groups (broad SMARTS) is 1. The zero-order valence-corrected chi connectivity index (χ0v) is 13.4. The normalized spacial score (nSPS) is 21.5. The summed E-state index contributed by atoms with van der Waals surface area (Å²) in [5.41, 5.74) is -0.752. The van der Waals surface area contributed by atoms with Gasteiger partial charge in [-0.25, -0.2) is 0 Å². The molecule has 0 spiro atoms. The first-order valence-corrected chi connectivity index (χ1v) is 8.29. The van der Waals surface area contributed by atoms with E-state index in [2.05, 4.69) is 10.2 Å². The summed E-state index contributed by atoms with van der Waals surface area (Å²) in [6.45, 7) is 4.68. The second-order valence-corrected chi connectivity index (χ2v) is 6.77. The van der Waals surface area contributed by atoms with Gasteiger partial charge in [0, 0.05) is 25.7 Å². The van der Waals surface area contributed by atoms with E-state index in [1.807, 2.05) is 6.92 Å². The lowest BCUT2D eigenvalue weighted by atomic mass is 9.94. The molecule has 5 nitrogen and oxygen atoms in total. The van der Waals surface area contributed by atoms with Gasteiger partial charge in [0.2, 0.25) is 0 Å². The van der Waals surface area contributed by atoms with Crippen LogP contribution >= 0.6 is 0 Å². The van der Waals surface area contributed by atoms with E-state index in [1.54, 1.807) is 7.11 Å². The number of rotatable bonds is 12. The van der Waals surface area contributed by atoms with Gasteiger partial charge in [-0.15, -0.1) is 0 Å². The Bertz CT molecular complexity index is 342. The Labute approximate surface area is 128 Å². The smallest absolute Gasteiger partial charge is 0.323 e. The second kappa shape index (κ2) is 7.56. The van der Waals surface area contributed by atoms with Crippen molar-refractivity contribution in [2.24, 2.45) is 0 Å². The van der Waals surface area contributed by atoms with Crippen LogP contribution in [0.5, 0.6) is 0 Å². The van der Waals surface area contributed by atoms with Crippen molar-refractivity contribution in [2.75, 3.05) is 26.8 Å². The molecule has 2 aliphatic rings. The van der Waals surface area contributed by atoms with E-state index in [0.29, 0.717) is 12.5 Å². The van der Waals surface area contributed by atoms with Crippen LogP contribution in [0.25, 0.3) is 0 Å². The van der Waals surface area contributed by atoms with Crippen molar-refractivity contribution in [3.63, 3.8) is 0 Å². The highest BCUT2D eigenvalue weighted by molar-refractivity contribution is 5.78. The molecule has 1 atom stereocenters. The number of hydrogen-bond donors (Lipinski definition) is 2. The number of carbonyl (C=O) groups is 1. The van der Waals surface area contributed by atoms with E-state index in [-0.39, 0.29) is 0 Å². The third-order valence-electron chi connectivity index (χ3n) is 4.59. The lowest BCUT2D eigenvalue weighted by Crippen LogP contribution is -2.50. The number of ether oxygens (including phenoxy) is 1. The summed E-state index contributed by atoms with van der Waals surface area (Å²) in [6, 6.07) is 1.17. The molecular formula is C16H30N2O3. The van der Waals surface area contributed by atoms with E-state index >= 15 is 0 Å². The van der Waals surface area contributed by atoms with E-state index in [0.717, 1.165) is 51.4 Å². The predicted octanol–water partition coefficient (Wildman–Crippen LogP) is 1.86. The lowest BCUT2D eigenvalue weighted by Gasteiger charge is -2.27. The van der Waals surface area contributed by atoms with Gasteiger partial charge in [-0.3, -0.25) is 15.0 Å². The van der Waals surface area contributed by atoms with Crippen molar-refractivity contribution >= 4 is 5.97 Å². The van der Waals surface area contributed by atoms with E-state index in [9.17, 15) is 9.90 Å². The fourth-order valence-corrected chi connectivity index (χ4v) is 2.84. The average Bonchev–Trinajstić information content (AvgIpc) is 3.31. The summed E-state index contributed by atoms with van der Waals surface area (Å²) in [4.78, 5) is 14.0. The topological polar surface area (TPSA) is 61.8 Å². The highest BCUT2D eigenvalue weighted by atomic mass is 16.5. The Morgan fingerprint density at radius 1 is 1.29 bits per heavy atom. The molecule has 0 saturated heterocycles. The van der Waals surface area contributed by atoms with Gasteiger partial charge in [0.1, 0.15) is 5.54 Å². The fourth-order valence-electron chi connectivity index (χ4n) is 2.84. The molecule has 1 unspecified atom stereocenters. The lowest BCUT2D eigenvalue weighted by molar-refractivity contribution is -0.144. The van der Waals surface area contributed by atoms with Crippen LogP contribution < -0.4 is 5.32 Å². The minimum absolute atomic E-state index is 0.427. The van der Waals surface area contributed by atoms with Crippen LogP contribution in [0.15, 0.2) is 0 Å². The minimum Gasteiger partial charge on any atom is -0.480 e. The van der Waals surface area contributed by atoms with Gasteiger partial charge in [0.25, 0.3) is 0 Å². The van der Waals surface area contributed by atoms with Crippen molar-refractivity contribution in [2.45, 2.75) is 69.5 Å². The summed E-state index contributed by atoms with van der Waals surface area (Å²) in [5.74, 6) is -0.715. The molecule has 0 aromatic heterocycles. The van der Waals surface area contributed by atoms with Crippen LogP contribution in [-0.4, -0.2) is 60.4 Å². The number of methoxy groups -OCH3 is 1. The molecule has 2 N–H and O–H groups in total. The molecule has 0 aromatic carbocycles. The van der Waals surface area contributed by atoms with Crippen molar-refractivity contribution < 1.29 is 14.6 Å². The van der Waals surface area contributed by atoms with Crippen LogP contribution in [0.3, 0.4) is 0 Å². The van der Waals surface area contributed by atoms with Gasteiger partial charge in [0.05, 0.1) is 6.61 Å². The van der Waals surface area contributed by atoms with Gasteiger partial charge in [-0.05, 0) is 58.4 Å². The maximum atomic E-state index is 11.5. The Hall–Kier alpha value is -0.650. The standard InChI is InChI=1S/C16H30N2O3/c1-16(15(19)20,17-13-5-6-13)9-3-4-10-18(11-12-21-2)14-7-8-14/h13-14,17H,3-12H2,1-2H3,(H,19,20). The van der Waals surface area contributed by atoms with Crippen LogP contribution in [0.4, 0.5) is 0 Å². The van der Waals surface area contributed by atoms with Gasteiger partial charge >= 0.3 is 5.97 Å². The molecule has 5 heteroatoms. The number of aliphatic carboxylic acids is 1. The fraction of sp³-hybridized carbons (Fsp3) is 0.938. The van der Waals surface area contributed by atoms with Gasteiger partial charge in [-0.1, -0.05) is 0 Å². The molecule has 0 bridgehead atoms. The number of hydrogen-bond acceptors (Lipinski definition) is 4. The Balaban J connectivity index is 1.67. The first kappa shape index (κ1) is 16.7. The van der Waals surface area contributed by atoms with Crippen LogP contribution in [0, 0.1) is 0 Å². The molecule has 0 aliphatic heterocycles. The van der Waals surface area contributed by atoms with Crippen LogP contribution in [0.1, 0.15) is 51.9 Å². The van der Waals surface area contributed by atoms with Crippen molar-refractivity contribution in [1.82, 2.24) is 10.2 Å². The monoisotopic (exact) mass is 298 g/mol. The molecule has 2 saturated carbocycles. The Morgan fingerprint density at radius 2 is 2.00 bits per heavy atom. The molecule has 2 aliphatic carbocycles. The zero-order valence-electron chi connectivity index (χ0n) is 13.4. The summed E-state index contributed by atoms with van der Waals surface area (Å²) in [5, 5.41) is 12.7. The SMILES string of the molecule is COCCN(CCCCC(C)(NC1CC1)C(=O)O)C1CC1. The van der Waals surface area contributed by atoms with E-state index in [4.69, 9.17) is 4.74 Å². The molecule has 2 rings (SSSR count). The summed E-state index contributed by atoms with van der Waals surface area (Å²) < 4.78 is 5.16. The second-order valence-electron chi connectivity index (χ2n) is 6.77. The average molecular weight is 298 g/mol. The van der Waals surface area contributed by atoms with Crippen molar-refractivity contribution in [3.05, 3.63) is 0 Å². The molecule has 0 heterocycles. The molecule has 0 radical (unpaired) electrons. The maximum absolute atomic E-state index is 11.5. The van der Waals surface area contributed by atoms with Crippen molar-refractivity contribution in [3.8, 4) is 0 Å². The van der Waals surface area contributed by atoms with Gasteiger partial charge < -0.3 is 9.84 Å². The highest BCUT2D eigenvalue weighted by Crippen LogP contribution is 2.28. The number of nitrogens with zero attached hydrogens (tertiary/aromatic N) is 1. The van der Waals surface area contributed by atoms with E-state index < -0.39 is 11.5 Å². The zero-order chi connectivity index (χ0) is 15.3. The predicted molar refractivity (Wildman–Crippen MR) is 82.5 cm³/mol. The Kier molecular flexibility index (Phi) is 6.02. The van der Waals surface area contributed by atoms with Gasteiger partial charge in [0.15, 0.2) is 0 Å². The quantitative estimate of drug-likeness (QED) is 0.539. The first-order chi connectivity index (χ1) is 10.0. The van der Waals surface area contributed by atoms with Crippen LogP contribution in [0.2, 0.25) is 0 Å². The molecule has 21 heavy (non-hydrogen) atoms. The summed E-state index contributed by atoms with van der Waals surface area (Å²) >= 11 is 0. The number of unbranched alkanes of at least 4 members (excludes halogenated alkanes) is 1. The Morgan fingerprint density at radius 3 is 2.52 bits per heavy atom. The first-order valence-electron chi connectivity index (χ1n) is 8.29. The molecular weight excluding hydrogens is 268 g/mol. The van der Waals surface area contributed by atoms with Crippen LogP contribution in [-0.2, 0) is 9.53 Å². The summed E-state index contributed by atoms with van der Waals surface area (Å²) in [7, 11) is 1.74. The maximum Gasteiger partial charge on any atom is 0.323 e. The molecule has 0 aromatic rings. The third-order valence-corrected chi connectivity index (χ3v) is 4.59. The third kappa shape index (κ3) is 5.57. The highest BCUT2D eigenvalue weighted by Gasteiger charge is 2.38.